The third-order valence-corrected chi connectivity index (χ3v) is 9.64. The summed E-state index contributed by atoms with van der Waals surface area (Å²) in [6.45, 7) is 0. The van der Waals surface area contributed by atoms with Crippen LogP contribution in [0.25, 0.3) is 77.2 Å². The summed E-state index contributed by atoms with van der Waals surface area (Å²) in [6.07, 6.45) is 0. The van der Waals surface area contributed by atoms with Crippen molar-refractivity contribution in [1.29, 1.82) is 15.8 Å². The number of benzene rings is 7. The van der Waals surface area contributed by atoms with Crippen molar-refractivity contribution in [2.45, 2.75) is 0 Å². The summed E-state index contributed by atoms with van der Waals surface area (Å²) in [5, 5.41) is 33.7. The Bertz CT molecular complexity index is 2830. The molecule has 0 aliphatic heterocycles. The molecule has 0 saturated carbocycles. The number of aromatic nitrogens is 2. The highest BCUT2D eigenvalue weighted by molar-refractivity contribution is 6.11. The lowest BCUT2D eigenvalue weighted by molar-refractivity contribution is 1.18. The van der Waals surface area contributed by atoms with E-state index in [-0.39, 0.29) is 0 Å². The van der Waals surface area contributed by atoms with E-state index >= 15 is 0 Å². The van der Waals surface area contributed by atoms with Gasteiger partial charge in [-0.2, -0.15) is 15.8 Å². The van der Waals surface area contributed by atoms with E-state index in [0.29, 0.717) is 16.7 Å². The zero-order valence-electron chi connectivity index (χ0n) is 26.7. The number of fused-ring (bicyclic) bond motifs is 6. The molecule has 0 N–H and O–H groups in total. The van der Waals surface area contributed by atoms with Crippen LogP contribution in [0.1, 0.15) is 16.7 Å². The van der Waals surface area contributed by atoms with Crippen molar-refractivity contribution in [3.63, 3.8) is 0 Å². The van der Waals surface area contributed by atoms with Crippen LogP contribution in [0.15, 0.2) is 152 Å². The molecule has 5 nitrogen and oxygen atoms in total. The Hall–Kier alpha value is -7.39. The number of para-hydroxylation sites is 3. The van der Waals surface area contributed by atoms with Crippen LogP contribution in [0, 0.1) is 34.0 Å². The largest absolute Gasteiger partial charge is 0.309 e. The van der Waals surface area contributed by atoms with E-state index < -0.39 is 0 Å². The maximum atomic E-state index is 10.2. The Morgan fingerprint density at radius 1 is 0.380 bits per heavy atom. The van der Waals surface area contributed by atoms with Crippen LogP contribution < -0.4 is 0 Å². The molecule has 0 amide bonds. The lowest BCUT2D eigenvalue weighted by Crippen LogP contribution is -1.97. The standard InChI is InChI=1S/C45H25N5/c46-26-29-13-21-44-39(23-29)40-24-30(27-47)14-22-45(40)50(44)41-10-4-1-7-35(41)31-15-17-32(18-16-31)38-25-34(20-19-33(38)28-48)49-42-11-5-2-8-36(42)37-9-3-6-12-43(37)49/h1-25H. The smallest absolute Gasteiger partial charge is 0.0998 e. The van der Waals surface area contributed by atoms with Crippen molar-refractivity contribution in [3.8, 4) is 51.8 Å². The third-order valence-electron chi connectivity index (χ3n) is 9.64. The van der Waals surface area contributed by atoms with Crippen LogP contribution >= 0.6 is 0 Å². The van der Waals surface area contributed by atoms with Crippen LogP contribution in [0.5, 0.6) is 0 Å². The van der Waals surface area contributed by atoms with Crippen LogP contribution in [0.3, 0.4) is 0 Å². The number of rotatable bonds is 4. The normalized spacial score (nSPS) is 11.1. The Morgan fingerprint density at radius 3 is 1.48 bits per heavy atom. The van der Waals surface area contributed by atoms with Crippen molar-refractivity contribution in [1.82, 2.24) is 9.13 Å². The maximum absolute atomic E-state index is 10.2. The predicted octanol–water partition coefficient (Wildman–Crippen LogP) is 10.8. The first-order valence-electron chi connectivity index (χ1n) is 16.3. The highest BCUT2D eigenvalue weighted by Crippen LogP contribution is 2.38. The maximum Gasteiger partial charge on any atom is 0.0998 e. The fraction of sp³-hybridized carbons (Fsp3) is 0. The average Bonchev–Trinajstić information content (AvgIpc) is 3.69. The molecular formula is C45H25N5. The van der Waals surface area contributed by atoms with Gasteiger partial charge in [-0.1, -0.05) is 78.9 Å². The average molecular weight is 636 g/mol. The van der Waals surface area contributed by atoms with Gasteiger partial charge in [0, 0.05) is 38.4 Å². The molecule has 0 unspecified atom stereocenters. The minimum absolute atomic E-state index is 0.571. The van der Waals surface area contributed by atoms with E-state index in [1.54, 1.807) is 0 Å². The van der Waals surface area contributed by atoms with E-state index in [1.165, 1.54) is 10.8 Å². The molecule has 9 rings (SSSR count). The van der Waals surface area contributed by atoms with E-state index in [9.17, 15) is 15.8 Å². The van der Waals surface area contributed by atoms with E-state index in [4.69, 9.17) is 0 Å². The lowest BCUT2D eigenvalue weighted by atomic mass is 9.96. The fourth-order valence-corrected chi connectivity index (χ4v) is 7.37. The zero-order chi connectivity index (χ0) is 33.8. The van der Waals surface area contributed by atoms with Gasteiger partial charge in [0.15, 0.2) is 0 Å². The fourth-order valence-electron chi connectivity index (χ4n) is 7.37. The predicted molar refractivity (Wildman–Crippen MR) is 200 cm³/mol. The summed E-state index contributed by atoms with van der Waals surface area (Å²) < 4.78 is 4.48. The lowest BCUT2D eigenvalue weighted by Gasteiger charge is -2.15. The molecule has 0 saturated heterocycles. The first-order chi connectivity index (χ1) is 24.7. The van der Waals surface area contributed by atoms with Gasteiger partial charge in [-0.05, 0) is 83.9 Å². The van der Waals surface area contributed by atoms with Gasteiger partial charge in [0.2, 0.25) is 0 Å². The van der Waals surface area contributed by atoms with Crippen LogP contribution in [0.4, 0.5) is 0 Å². The van der Waals surface area contributed by atoms with Crippen LogP contribution in [-0.4, -0.2) is 9.13 Å². The molecule has 0 atom stereocenters. The van der Waals surface area contributed by atoms with Crippen molar-refractivity contribution < 1.29 is 0 Å². The van der Waals surface area contributed by atoms with E-state index in [0.717, 1.165) is 66.5 Å². The topological polar surface area (TPSA) is 81.2 Å². The Morgan fingerprint density at radius 2 is 0.900 bits per heavy atom. The SMILES string of the molecule is N#Cc1ccc2c(c1)c1cc(C#N)ccc1n2-c1ccccc1-c1ccc(-c2cc(-n3c4ccccc4c4ccccc43)ccc2C#N)cc1. The van der Waals surface area contributed by atoms with Crippen molar-refractivity contribution >= 4 is 43.6 Å². The number of hydrogen-bond donors (Lipinski definition) is 0. The summed E-state index contributed by atoms with van der Waals surface area (Å²) in [4.78, 5) is 0. The monoisotopic (exact) mass is 635 g/mol. The minimum Gasteiger partial charge on any atom is -0.309 e. The van der Waals surface area contributed by atoms with E-state index in [2.05, 4.69) is 118 Å². The highest BCUT2D eigenvalue weighted by atomic mass is 15.0. The number of hydrogen-bond acceptors (Lipinski definition) is 3. The molecule has 0 fully saturated rings. The van der Waals surface area contributed by atoms with E-state index in [1.807, 2.05) is 60.7 Å². The summed E-state index contributed by atoms with van der Waals surface area (Å²) in [5.74, 6) is 0. The first kappa shape index (κ1) is 28.8. The summed E-state index contributed by atoms with van der Waals surface area (Å²) in [6, 6.07) is 57.9. The molecule has 9 aromatic rings. The Kier molecular flexibility index (Phi) is 6.56. The summed E-state index contributed by atoms with van der Waals surface area (Å²) in [7, 11) is 0. The van der Waals surface area contributed by atoms with Gasteiger partial charge < -0.3 is 9.13 Å². The molecule has 5 heteroatoms. The Labute approximate surface area is 287 Å². The molecule has 2 aromatic heterocycles. The summed E-state index contributed by atoms with van der Waals surface area (Å²) >= 11 is 0. The first-order valence-corrected chi connectivity index (χ1v) is 16.3. The molecule has 0 spiro atoms. The van der Waals surface area contributed by atoms with Gasteiger partial charge in [-0.25, -0.2) is 0 Å². The quantitative estimate of drug-likeness (QED) is 0.193. The van der Waals surface area contributed by atoms with Gasteiger partial charge in [-0.15, -0.1) is 0 Å². The highest BCUT2D eigenvalue weighted by Gasteiger charge is 2.18. The molecule has 0 bridgehead atoms. The Balaban J connectivity index is 1.18. The van der Waals surface area contributed by atoms with Gasteiger partial charge in [0.05, 0.1) is 62.7 Å². The molecule has 7 aromatic carbocycles. The number of nitriles is 3. The molecule has 0 radical (unpaired) electrons. The molecule has 0 aliphatic rings. The van der Waals surface area contributed by atoms with Crippen LogP contribution in [0.2, 0.25) is 0 Å². The van der Waals surface area contributed by atoms with Gasteiger partial charge in [0.1, 0.15) is 0 Å². The number of nitrogens with zero attached hydrogens (tertiary/aromatic N) is 5. The van der Waals surface area contributed by atoms with Crippen molar-refractivity contribution in [2.75, 3.05) is 0 Å². The van der Waals surface area contributed by atoms with Gasteiger partial charge >= 0.3 is 0 Å². The van der Waals surface area contributed by atoms with Gasteiger partial charge in [-0.3, -0.25) is 0 Å². The second kappa shape index (κ2) is 11.4. The molecule has 0 aliphatic carbocycles. The molecular weight excluding hydrogens is 611 g/mol. The minimum atomic E-state index is 0.571. The second-order valence-electron chi connectivity index (χ2n) is 12.3. The van der Waals surface area contributed by atoms with Crippen molar-refractivity contribution in [2.24, 2.45) is 0 Å². The molecule has 230 valence electrons. The summed E-state index contributed by atoms with van der Waals surface area (Å²) in [5.41, 5.74) is 11.8. The second-order valence-corrected chi connectivity index (χ2v) is 12.3. The molecule has 50 heavy (non-hydrogen) atoms. The van der Waals surface area contributed by atoms with Gasteiger partial charge in [0.25, 0.3) is 0 Å². The van der Waals surface area contributed by atoms with Crippen LogP contribution in [-0.2, 0) is 0 Å². The van der Waals surface area contributed by atoms with Crippen molar-refractivity contribution in [3.05, 3.63) is 168 Å². The molecule has 2 heterocycles. The third kappa shape index (κ3) is 4.38. The zero-order valence-corrected chi connectivity index (χ0v) is 26.7.